The van der Waals surface area contributed by atoms with E-state index in [0.29, 0.717) is 0 Å². The first-order valence-electron chi connectivity index (χ1n) is 3.99. The maximum absolute atomic E-state index is 10.9. The Kier molecular flexibility index (Phi) is 6.09. The van der Waals surface area contributed by atoms with Crippen molar-refractivity contribution in [2.24, 2.45) is 0 Å². The van der Waals surface area contributed by atoms with Crippen LogP contribution >= 0.6 is 0 Å². The van der Waals surface area contributed by atoms with Gasteiger partial charge in [0.15, 0.2) is 6.10 Å². The molecule has 0 bridgehead atoms. The van der Waals surface area contributed by atoms with E-state index in [-0.39, 0.29) is 19.4 Å². The molecule has 1 radical (unpaired) electrons. The van der Waals surface area contributed by atoms with Crippen molar-refractivity contribution in [3.8, 4) is 0 Å². The highest BCUT2D eigenvalue weighted by Gasteiger charge is 2.15. The van der Waals surface area contributed by atoms with E-state index < -0.39 is 18.0 Å². The standard InChI is InChI=1S/C8H11O6/c1-6(14-5-9)8(12)13-4-2-3-7(10)11/h6H,2-4H2,1H3,(H,10,11). The lowest BCUT2D eigenvalue weighted by Gasteiger charge is -2.07. The molecule has 0 amide bonds. The van der Waals surface area contributed by atoms with Gasteiger partial charge < -0.3 is 14.6 Å². The number of hydrogen-bond donors (Lipinski definition) is 1. The van der Waals surface area contributed by atoms with E-state index in [1.165, 1.54) is 6.92 Å². The summed E-state index contributed by atoms with van der Waals surface area (Å²) in [4.78, 5) is 30.7. The van der Waals surface area contributed by atoms with Crippen LogP contribution in [0.25, 0.3) is 0 Å². The molecule has 0 aromatic heterocycles. The zero-order chi connectivity index (χ0) is 11.0. The van der Waals surface area contributed by atoms with E-state index in [2.05, 4.69) is 9.47 Å². The maximum atomic E-state index is 10.9. The highest BCUT2D eigenvalue weighted by Crippen LogP contribution is 1.95. The fraction of sp³-hybridized carbons (Fsp3) is 0.625. The van der Waals surface area contributed by atoms with Crippen LogP contribution in [0.5, 0.6) is 0 Å². The predicted octanol–water partition coefficient (Wildman–Crippen LogP) is -0.133. The van der Waals surface area contributed by atoms with Crippen molar-refractivity contribution in [3.05, 3.63) is 0 Å². The van der Waals surface area contributed by atoms with Crippen LogP contribution in [-0.4, -0.2) is 36.2 Å². The fourth-order valence-electron chi connectivity index (χ4n) is 0.634. The van der Waals surface area contributed by atoms with Gasteiger partial charge in [0.25, 0.3) is 0 Å². The first-order valence-corrected chi connectivity index (χ1v) is 3.99. The van der Waals surface area contributed by atoms with Gasteiger partial charge in [-0.2, -0.15) is 0 Å². The Bertz CT molecular complexity index is 212. The first-order chi connectivity index (χ1) is 6.57. The minimum atomic E-state index is -1.00. The Labute approximate surface area is 80.8 Å². The molecule has 0 aromatic rings. The second-order valence-corrected chi connectivity index (χ2v) is 2.51. The van der Waals surface area contributed by atoms with Crippen LogP contribution in [0.4, 0.5) is 0 Å². The van der Waals surface area contributed by atoms with Gasteiger partial charge in [-0.1, -0.05) is 0 Å². The van der Waals surface area contributed by atoms with Crippen LogP contribution < -0.4 is 0 Å². The number of carbonyl (C=O) groups excluding carboxylic acids is 2. The summed E-state index contributed by atoms with van der Waals surface area (Å²) in [5.74, 6) is -1.66. The molecule has 0 aliphatic rings. The highest BCUT2D eigenvalue weighted by atomic mass is 16.6. The number of ether oxygens (including phenoxy) is 2. The maximum Gasteiger partial charge on any atom is 0.418 e. The van der Waals surface area contributed by atoms with Crippen molar-refractivity contribution in [1.29, 1.82) is 0 Å². The van der Waals surface area contributed by atoms with Crippen molar-refractivity contribution < 1.29 is 29.0 Å². The summed E-state index contributed by atoms with van der Waals surface area (Å²) in [6.07, 6.45) is -0.835. The molecule has 0 heterocycles. The van der Waals surface area contributed by atoms with Gasteiger partial charge in [-0.25, -0.2) is 9.59 Å². The highest BCUT2D eigenvalue weighted by molar-refractivity contribution is 5.75. The van der Waals surface area contributed by atoms with Gasteiger partial charge in [-0.15, -0.1) is 0 Å². The Hall–Kier alpha value is -1.59. The molecule has 0 aliphatic carbocycles. The molecular formula is C8H11O6. The van der Waals surface area contributed by atoms with Gasteiger partial charge in [-0.3, -0.25) is 4.79 Å². The number of carboxylic acids is 1. The number of rotatable bonds is 7. The van der Waals surface area contributed by atoms with Crippen LogP contribution in [0.1, 0.15) is 19.8 Å². The topological polar surface area (TPSA) is 89.9 Å². The van der Waals surface area contributed by atoms with Gasteiger partial charge in [0.05, 0.1) is 6.61 Å². The van der Waals surface area contributed by atoms with Crippen molar-refractivity contribution in [1.82, 2.24) is 0 Å². The number of carbonyl (C=O) groups is 2. The minimum absolute atomic E-state index is 0.00229. The van der Waals surface area contributed by atoms with Crippen molar-refractivity contribution >= 4 is 18.4 Å². The number of hydrogen-bond acceptors (Lipinski definition) is 5. The largest absolute Gasteiger partial charge is 0.481 e. The molecule has 14 heavy (non-hydrogen) atoms. The predicted molar refractivity (Wildman–Crippen MR) is 44.1 cm³/mol. The third-order valence-corrected chi connectivity index (χ3v) is 1.34. The summed E-state index contributed by atoms with van der Waals surface area (Å²) >= 11 is 0. The summed E-state index contributed by atoms with van der Waals surface area (Å²) in [7, 11) is 0. The summed E-state index contributed by atoms with van der Waals surface area (Å²) in [5.41, 5.74) is 0. The van der Waals surface area contributed by atoms with Crippen LogP contribution in [0.2, 0.25) is 0 Å². The van der Waals surface area contributed by atoms with Crippen LogP contribution in [0, 0.1) is 0 Å². The zero-order valence-electron chi connectivity index (χ0n) is 7.69. The smallest absolute Gasteiger partial charge is 0.418 e. The molecule has 6 heteroatoms. The average Bonchev–Trinajstić information content (AvgIpc) is 2.12. The van der Waals surface area contributed by atoms with E-state index in [9.17, 15) is 14.4 Å². The molecule has 1 atom stereocenters. The Morgan fingerprint density at radius 3 is 2.64 bits per heavy atom. The lowest BCUT2D eigenvalue weighted by molar-refractivity contribution is -0.152. The number of esters is 1. The van der Waals surface area contributed by atoms with Crippen LogP contribution in [0.15, 0.2) is 0 Å². The van der Waals surface area contributed by atoms with Gasteiger partial charge in [0.1, 0.15) is 0 Å². The summed E-state index contributed by atoms with van der Waals surface area (Å²) in [5, 5.41) is 8.26. The lowest BCUT2D eigenvalue weighted by atomic mass is 10.3. The second kappa shape index (κ2) is 6.88. The first kappa shape index (κ1) is 12.4. The van der Waals surface area contributed by atoms with Gasteiger partial charge in [0, 0.05) is 6.42 Å². The molecule has 0 saturated carbocycles. The monoisotopic (exact) mass is 203 g/mol. The molecule has 0 rings (SSSR count). The molecule has 1 unspecified atom stereocenters. The van der Waals surface area contributed by atoms with Crippen LogP contribution in [-0.2, 0) is 23.9 Å². The minimum Gasteiger partial charge on any atom is -0.481 e. The summed E-state index contributed by atoms with van der Waals surface area (Å²) in [6.45, 7) is 2.45. The molecule has 0 aliphatic heterocycles. The summed E-state index contributed by atoms with van der Waals surface area (Å²) in [6, 6.07) is 0. The molecule has 0 spiro atoms. The Morgan fingerprint density at radius 2 is 2.14 bits per heavy atom. The van der Waals surface area contributed by atoms with Crippen molar-refractivity contribution in [2.45, 2.75) is 25.9 Å². The van der Waals surface area contributed by atoms with Gasteiger partial charge in [-0.05, 0) is 13.3 Å². The van der Waals surface area contributed by atoms with E-state index >= 15 is 0 Å². The Morgan fingerprint density at radius 1 is 1.50 bits per heavy atom. The lowest BCUT2D eigenvalue weighted by Crippen LogP contribution is -2.23. The number of carboxylic acid groups (broad SMARTS) is 1. The molecule has 6 nitrogen and oxygen atoms in total. The SMILES string of the molecule is CC(O[C]=O)C(=O)OCCCC(=O)O. The average molecular weight is 203 g/mol. The van der Waals surface area contributed by atoms with E-state index in [1.807, 2.05) is 0 Å². The molecule has 0 fully saturated rings. The van der Waals surface area contributed by atoms with E-state index in [0.717, 1.165) is 6.47 Å². The third kappa shape index (κ3) is 5.99. The van der Waals surface area contributed by atoms with Crippen LogP contribution in [0.3, 0.4) is 0 Å². The van der Waals surface area contributed by atoms with E-state index in [1.54, 1.807) is 0 Å². The third-order valence-electron chi connectivity index (χ3n) is 1.34. The fourth-order valence-corrected chi connectivity index (χ4v) is 0.634. The van der Waals surface area contributed by atoms with Gasteiger partial charge in [0.2, 0.25) is 0 Å². The number of aliphatic carboxylic acids is 1. The molecular weight excluding hydrogens is 192 g/mol. The van der Waals surface area contributed by atoms with Crippen molar-refractivity contribution in [2.75, 3.05) is 6.61 Å². The molecule has 79 valence electrons. The molecule has 0 aromatic carbocycles. The molecule has 1 N–H and O–H groups in total. The van der Waals surface area contributed by atoms with E-state index in [4.69, 9.17) is 5.11 Å². The summed E-state index contributed by atoms with van der Waals surface area (Å²) < 4.78 is 8.79. The van der Waals surface area contributed by atoms with Crippen molar-refractivity contribution in [3.63, 3.8) is 0 Å². The quantitative estimate of drug-likeness (QED) is 0.457. The zero-order valence-corrected chi connectivity index (χ0v) is 7.69. The molecule has 0 saturated heterocycles. The van der Waals surface area contributed by atoms with Gasteiger partial charge >= 0.3 is 18.4 Å². The Balaban J connectivity index is 3.53. The normalized spacial score (nSPS) is 11.5. The second-order valence-electron chi connectivity index (χ2n) is 2.51.